The van der Waals surface area contributed by atoms with Crippen LogP contribution in [0.2, 0.25) is 0 Å². The van der Waals surface area contributed by atoms with Crippen LogP contribution in [0, 0.1) is 0 Å². The molecule has 0 aromatic heterocycles. The van der Waals surface area contributed by atoms with E-state index < -0.39 is 5.91 Å². The number of nitrogens with one attached hydrogen (secondary N) is 1. The Balaban J connectivity index is 1.91. The first kappa shape index (κ1) is 17.5. The number of amides is 2. The molecule has 0 bridgehead atoms. The van der Waals surface area contributed by atoms with Gasteiger partial charge in [0.2, 0.25) is 11.8 Å². The van der Waals surface area contributed by atoms with Gasteiger partial charge in [0.05, 0.1) is 0 Å². The number of carbonyl (C=O) groups is 2. The van der Waals surface area contributed by atoms with Gasteiger partial charge >= 0.3 is 0 Å². The maximum absolute atomic E-state index is 11.9. The maximum atomic E-state index is 11.9. The van der Waals surface area contributed by atoms with Crippen molar-refractivity contribution < 1.29 is 9.59 Å². The van der Waals surface area contributed by atoms with E-state index >= 15 is 0 Å². The highest BCUT2D eigenvalue weighted by molar-refractivity contribution is 5.93. The third-order valence-electron chi connectivity index (χ3n) is 3.71. The largest absolute Gasteiger partial charge is 0.366 e. The van der Waals surface area contributed by atoms with Gasteiger partial charge in [0.15, 0.2) is 0 Å². The minimum absolute atomic E-state index is 0.188. The van der Waals surface area contributed by atoms with Crippen LogP contribution < -0.4 is 11.1 Å². The van der Waals surface area contributed by atoms with Crippen LogP contribution in [0.5, 0.6) is 0 Å². The van der Waals surface area contributed by atoms with Crippen molar-refractivity contribution in [3.8, 4) is 0 Å². The highest BCUT2D eigenvalue weighted by Crippen LogP contribution is 2.15. The van der Waals surface area contributed by atoms with Gasteiger partial charge in [-0.15, -0.1) is 0 Å². The summed E-state index contributed by atoms with van der Waals surface area (Å²) >= 11 is 0. The molecule has 3 N–H and O–H groups in total. The molecule has 0 saturated carbocycles. The van der Waals surface area contributed by atoms with Crippen molar-refractivity contribution >= 4 is 17.9 Å². The summed E-state index contributed by atoms with van der Waals surface area (Å²) in [5.41, 5.74) is 8.75. The summed E-state index contributed by atoms with van der Waals surface area (Å²) in [7, 11) is 0. The molecular formula is C20H22N2O2. The lowest BCUT2D eigenvalue weighted by Gasteiger charge is -2.05. The topological polar surface area (TPSA) is 72.2 Å². The van der Waals surface area contributed by atoms with Gasteiger partial charge in [0, 0.05) is 18.2 Å². The number of hydrogen-bond donors (Lipinski definition) is 2. The Morgan fingerprint density at radius 3 is 2.46 bits per heavy atom. The molecule has 2 amide bonds. The second-order valence-electron chi connectivity index (χ2n) is 5.94. The number of nitrogens with two attached hydrogens (primary N) is 1. The molecular weight excluding hydrogens is 300 g/mol. The molecule has 0 saturated heterocycles. The Morgan fingerprint density at radius 2 is 1.83 bits per heavy atom. The number of hydrogen-bond acceptors (Lipinski definition) is 2. The van der Waals surface area contributed by atoms with E-state index in [4.69, 9.17) is 5.73 Å². The van der Waals surface area contributed by atoms with Crippen molar-refractivity contribution in [3.05, 3.63) is 76.9 Å². The molecule has 24 heavy (non-hydrogen) atoms. The molecule has 0 unspecified atom stereocenters. The van der Waals surface area contributed by atoms with Crippen LogP contribution in [0.15, 0.2) is 54.6 Å². The summed E-state index contributed by atoms with van der Waals surface area (Å²) in [4.78, 5) is 23.0. The van der Waals surface area contributed by atoms with E-state index in [0.29, 0.717) is 18.0 Å². The van der Waals surface area contributed by atoms with Crippen LogP contribution in [0.3, 0.4) is 0 Å². The zero-order chi connectivity index (χ0) is 17.5. The fourth-order valence-electron chi connectivity index (χ4n) is 2.25. The monoisotopic (exact) mass is 322 g/mol. The lowest BCUT2D eigenvalue weighted by atomic mass is 10.0. The lowest BCUT2D eigenvalue weighted by Crippen LogP contribution is -2.20. The second-order valence-corrected chi connectivity index (χ2v) is 5.94. The van der Waals surface area contributed by atoms with E-state index in [0.717, 1.165) is 11.1 Å². The van der Waals surface area contributed by atoms with E-state index in [9.17, 15) is 9.59 Å². The van der Waals surface area contributed by atoms with Gasteiger partial charge in [0.1, 0.15) is 0 Å². The summed E-state index contributed by atoms with van der Waals surface area (Å²) in [6.45, 7) is 4.63. The Morgan fingerprint density at radius 1 is 1.12 bits per heavy atom. The van der Waals surface area contributed by atoms with Crippen LogP contribution in [-0.4, -0.2) is 11.8 Å². The SMILES string of the molecule is CC(C)c1ccc(/C=C/C(=O)NCc2cccc(C(N)=O)c2)cc1. The van der Waals surface area contributed by atoms with E-state index in [2.05, 4.69) is 31.3 Å². The molecule has 2 rings (SSSR count). The average Bonchev–Trinajstić information content (AvgIpc) is 2.58. The molecule has 0 aliphatic rings. The van der Waals surface area contributed by atoms with Crippen molar-refractivity contribution in [2.45, 2.75) is 26.3 Å². The number of primary amides is 1. The highest BCUT2D eigenvalue weighted by atomic mass is 16.1. The molecule has 4 nitrogen and oxygen atoms in total. The van der Waals surface area contributed by atoms with Gasteiger partial charge < -0.3 is 11.1 Å². The van der Waals surface area contributed by atoms with Crippen molar-refractivity contribution in [2.24, 2.45) is 5.73 Å². The van der Waals surface area contributed by atoms with Crippen LogP contribution in [-0.2, 0) is 11.3 Å². The fraction of sp³-hybridized carbons (Fsp3) is 0.200. The summed E-state index contributed by atoms with van der Waals surface area (Å²) in [6, 6.07) is 15.0. The third kappa shape index (κ3) is 5.09. The van der Waals surface area contributed by atoms with Crippen molar-refractivity contribution in [2.75, 3.05) is 0 Å². The normalized spacial score (nSPS) is 11.0. The number of benzene rings is 2. The zero-order valence-corrected chi connectivity index (χ0v) is 14.0. The van der Waals surface area contributed by atoms with E-state index in [1.165, 1.54) is 11.6 Å². The molecule has 0 aliphatic carbocycles. The molecule has 0 aliphatic heterocycles. The first-order valence-corrected chi connectivity index (χ1v) is 7.90. The number of rotatable bonds is 6. The van der Waals surface area contributed by atoms with Gasteiger partial charge in [-0.1, -0.05) is 50.2 Å². The van der Waals surface area contributed by atoms with Crippen molar-refractivity contribution in [3.63, 3.8) is 0 Å². The number of carbonyl (C=O) groups excluding carboxylic acids is 2. The van der Waals surface area contributed by atoms with Gasteiger partial charge in [-0.2, -0.15) is 0 Å². The van der Waals surface area contributed by atoms with Gasteiger partial charge in [-0.25, -0.2) is 0 Å². The third-order valence-corrected chi connectivity index (χ3v) is 3.71. The standard InChI is InChI=1S/C20H22N2O2/c1-14(2)17-9-6-15(7-10-17)8-11-19(23)22-13-16-4-3-5-18(12-16)20(21)24/h3-12,14H,13H2,1-2H3,(H2,21,24)(H,22,23)/b11-8+. The molecule has 0 fully saturated rings. The Bertz CT molecular complexity index is 746. The average molecular weight is 322 g/mol. The van der Waals surface area contributed by atoms with Gasteiger partial charge in [0.25, 0.3) is 0 Å². The molecule has 0 atom stereocenters. The van der Waals surface area contributed by atoms with Gasteiger partial charge in [-0.05, 0) is 40.8 Å². The minimum Gasteiger partial charge on any atom is -0.366 e. The van der Waals surface area contributed by atoms with E-state index in [1.54, 1.807) is 24.3 Å². The van der Waals surface area contributed by atoms with E-state index in [1.807, 2.05) is 18.2 Å². The lowest BCUT2D eigenvalue weighted by molar-refractivity contribution is -0.116. The van der Waals surface area contributed by atoms with Gasteiger partial charge in [-0.3, -0.25) is 9.59 Å². The van der Waals surface area contributed by atoms with Crippen LogP contribution in [0.25, 0.3) is 6.08 Å². The predicted molar refractivity (Wildman–Crippen MR) is 96.4 cm³/mol. The molecule has 0 spiro atoms. The fourth-order valence-corrected chi connectivity index (χ4v) is 2.25. The second kappa shape index (κ2) is 8.11. The summed E-state index contributed by atoms with van der Waals surface area (Å²) in [5.74, 6) is -0.178. The van der Waals surface area contributed by atoms with Crippen LogP contribution in [0.1, 0.15) is 46.8 Å². The van der Waals surface area contributed by atoms with Crippen molar-refractivity contribution in [1.82, 2.24) is 5.32 Å². The first-order chi connectivity index (χ1) is 11.5. The predicted octanol–water partition coefficient (Wildman–Crippen LogP) is 3.24. The Kier molecular flexibility index (Phi) is 5.90. The summed E-state index contributed by atoms with van der Waals surface area (Å²) < 4.78 is 0. The molecule has 124 valence electrons. The van der Waals surface area contributed by atoms with E-state index in [-0.39, 0.29) is 5.91 Å². The maximum Gasteiger partial charge on any atom is 0.248 e. The summed E-state index contributed by atoms with van der Waals surface area (Å²) in [5, 5.41) is 2.79. The van der Waals surface area contributed by atoms with Crippen LogP contribution >= 0.6 is 0 Å². The minimum atomic E-state index is -0.479. The molecule has 0 radical (unpaired) electrons. The quantitative estimate of drug-likeness (QED) is 0.801. The van der Waals surface area contributed by atoms with Crippen molar-refractivity contribution in [1.29, 1.82) is 0 Å². The molecule has 4 heteroatoms. The summed E-state index contributed by atoms with van der Waals surface area (Å²) in [6.07, 6.45) is 3.28. The molecule has 2 aromatic carbocycles. The Hall–Kier alpha value is -2.88. The first-order valence-electron chi connectivity index (χ1n) is 7.90. The molecule has 2 aromatic rings. The smallest absolute Gasteiger partial charge is 0.248 e. The molecule has 0 heterocycles. The highest BCUT2D eigenvalue weighted by Gasteiger charge is 2.02. The zero-order valence-electron chi connectivity index (χ0n) is 14.0. The van der Waals surface area contributed by atoms with Crippen LogP contribution in [0.4, 0.5) is 0 Å². The Labute approximate surface area is 142 Å².